The number of carbonyl (C=O) groups is 1. The Bertz CT molecular complexity index is 1400. The zero-order valence-corrected chi connectivity index (χ0v) is 19.9. The van der Waals surface area contributed by atoms with E-state index in [9.17, 15) is 4.79 Å². The highest BCUT2D eigenvalue weighted by Crippen LogP contribution is 2.39. The van der Waals surface area contributed by atoms with Gasteiger partial charge < -0.3 is 9.84 Å². The number of benzene rings is 3. The Labute approximate surface area is 206 Å². The normalized spacial score (nSPS) is 16.1. The molecular weight excluding hydrogens is 471 g/mol. The summed E-state index contributed by atoms with van der Waals surface area (Å²) in [6.07, 6.45) is 0. The van der Waals surface area contributed by atoms with Crippen LogP contribution in [0.5, 0.6) is 0 Å². The van der Waals surface area contributed by atoms with Crippen molar-refractivity contribution in [1.29, 1.82) is 0 Å². The van der Waals surface area contributed by atoms with Gasteiger partial charge in [0.2, 0.25) is 5.82 Å². The molecule has 0 bridgehead atoms. The van der Waals surface area contributed by atoms with E-state index in [1.807, 2.05) is 68.4 Å². The quantitative estimate of drug-likeness (QED) is 0.332. The highest BCUT2D eigenvalue weighted by Gasteiger charge is 2.36. The Morgan fingerprint density at radius 1 is 0.971 bits per heavy atom. The van der Waals surface area contributed by atoms with E-state index in [1.54, 1.807) is 23.1 Å². The largest absolute Gasteiger partial charge is 0.334 e. The summed E-state index contributed by atoms with van der Waals surface area (Å²) in [5.41, 5.74) is 4.62. The lowest BCUT2D eigenvalue weighted by Crippen LogP contribution is -2.46. The molecule has 34 heavy (non-hydrogen) atoms. The van der Waals surface area contributed by atoms with E-state index in [0.717, 1.165) is 16.7 Å². The molecule has 1 aliphatic heterocycles. The fourth-order valence-electron chi connectivity index (χ4n) is 4.00. The van der Waals surface area contributed by atoms with Crippen LogP contribution in [0.25, 0.3) is 17.0 Å². The topological polar surface area (TPSA) is 71.3 Å². The predicted molar refractivity (Wildman–Crippen MR) is 134 cm³/mol. The number of halogens is 2. The molecule has 0 radical (unpaired) electrons. The number of rotatable bonds is 4. The van der Waals surface area contributed by atoms with E-state index >= 15 is 0 Å². The van der Waals surface area contributed by atoms with Gasteiger partial charge in [-0.15, -0.1) is 0 Å². The first-order valence-corrected chi connectivity index (χ1v) is 11.4. The van der Waals surface area contributed by atoms with Gasteiger partial charge in [-0.2, -0.15) is 4.98 Å². The third-order valence-electron chi connectivity index (χ3n) is 5.79. The molecule has 5 rings (SSSR count). The third kappa shape index (κ3) is 4.06. The number of allylic oxidation sites excluding steroid dienone is 1. The molecule has 8 heteroatoms. The highest BCUT2D eigenvalue weighted by atomic mass is 35.5. The second-order valence-electron chi connectivity index (χ2n) is 7.99. The molecule has 1 unspecified atom stereocenters. The second kappa shape index (κ2) is 8.97. The molecule has 0 saturated heterocycles. The molecule has 6 nitrogen and oxygen atoms in total. The Morgan fingerprint density at radius 2 is 1.71 bits per heavy atom. The van der Waals surface area contributed by atoms with E-state index in [-0.39, 0.29) is 6.03 Å². The molecule has 2 amide bonds. The summed E-state index contributed by atoms with van der Waals surface area (Å²) in [6.45, 7) is 3.78. The van der Waals surface area contributed by atoms with Crippen molar-refractivity contribution < 1.29 is 9.32 Å². The monoisotopic (exact) mass is 490 g/mol. The molecule has 0 aliphatic carbocycles. The van der Waals surface area contributed by atoms with Crippen LogP contribution in [0.2, 0.25) is 10.0 Å². The van der Waals surface area contributed by atoms with Crippen LogP contribution in [0.15, 0.2) is 83.0 Å². The number of nitrogens with zero attached hydrogens (tertiary/aromatic N) is 3. The van der Waals surface area contributed by atoms with Crippen molar-refractivity contribution in [2.45, 2.75) is 19.9 Å². The van der Waals surface area contributed by atoms with Crippen LogP contribution in [-0.2, 0) is 0 Å². The minimum Gasteiger partial charge on any atom is -0.334 e. The zero-order chi connectivity index (χ0) is 23.8. The van der Waals surface area contributed by atoms with Gasteiger partial charge in [-0.05, 0) is 61.4 Å². The van der Waals surface area contributed by atoms with Gasteiger partial charge in [-0.3, -0.25) is 4.90 Å². The van der Waals surface area contributed by atoms with Crippen molar-refractivity contribution in [1.82, 2.24) is 15.5 Å². The van der Waals surface area contributed by atoms with E-state index in [1.165, 1.54) is 0 Å². The minimum atomic E-state index is -0.468. The Kier molecular flexibility index (Phi) is 5.86. The van der Waals surface area contributed by atoms with Crippen LogP contribution < -0.4 is 10.2 Å². The number of hydrogen-bond donors (Lipinski definition) is 1. The van der Waals surface area contributed by atoms with Gasteiger partial charge in [0.25, 0.3) is 5.89 Å². The first kappa shape index (κ1) is 22.2. The van der Waals surface area contributed by atoms with Crippen LogP contribution in [0, 0.1) is 6.92 Å². The summed E-state index contributed by atoms with van der Waals surface area (Å²) in [5, 5.41) is 8.47. The maximum absolute atomic E-state index is 13.3. The molecule has 2 heterocycles. The van der Waals surface area contributed by atoms with Gasteiger partial charge in [-0.1, -0.05) is 64.8 Å². The van der Waals surface area contributed by atoms with Gasteiger partial charge in [-0.25, -0.2) is 4.79 Å². The number of aromatic nitrogens is 2. The maximum atomic E-state index is 13.3. The van der Waals surface area contributed by atoms with Gasteiger partial charge in [0, 0.05) is 21.3 Å². The Morgan fingerprint density at radius 3 is 2.41 bits per heavy atom. The molecule has 0 saturated carbocycles. The van der Waals surface area contributed by atoms with E-state index in [2.05, 4.69) is 15.5 Å². The number of carbonyl (C=O) groups excluding carboxylic acids is 1. The van der Waals surface area contributed by atoms with Crippen molar-refractivity contribution in [2.75, 3.05) is 4.90 Å². The van der Waals surface area contributed by atoms with Gasteiger partial charge in [0.05, 0.1) is 17.3 Å². The molecule has 0 fully saturated rings. The summed E-state index contributed by atoms with van der Waals surface area (Å²) in [5.74, 6) is 0.750. The SMILES string of the molecule is CC1=C(c2nc(-c3ccc(Cl)cc3)no2)C(c2ccccc2)NC(=O)N1c1ccc(C)c(Cl)c1. The average Bonchev–Trinajstić information content (AvgIpc) is 3.31. The summed E-state index contributed by atoms with van der Waals surface area (Å²) in [6, 6.07) is 21.7. The first-order valence-electron chi connectivity index (χ1n) is 10.6. The summed E-state index contributed by atoms with van der Waals surface area (Å²) in [4.78, 5) is 19.5. The van der Waals surface area contributed by atoms with Crippen LogP contribution in [0.1, 0.15) is 30.0 Å². The van der Waals surface area contributed by atoms with Gasteiger partial charge in [0.1, 0.15) is 0 Å². The number of hydrogen-bond acceptors (Lipinski definition) is 4. The summed E-state index contributed by atoms with van der Waals surface area (Å²) < 4.78 is 5.72. The summed E-state index contributed by atoms with van der Waals surface area (Å²) >= 11 is 12.4. The van der Waals surface area contributed by atoms with Crippen LogP contribution in [0.3, 0.4) is 0 Å². The minimum absolute atomic E-state index is 0.271. The van der Waals surface area contributed by atoms with Crippen molar-refractivity contribution in [2.24, 2.45) is 0 Å². The van der Waals surface area contributed by atoms with Gasteiger partial charge in [0.15, 0.2) is 0 Å². The van der Waals surface area contributed by atoms with Crippen molar-refractivity contribution in [3.8, 4) is 11.4 Å². The average molecular weight is 491 g/mol. The van der Waals surface area contributed by atoms with Crippen LogP contribution in [0.4, 0.5) is 10.5 Å². The number of nitrogens with one attached hydrogen (secondary N) is 1. The van der Waals surface area contributed by atoms with E-state index in [0.29, 0.717) is 38.7 Å². The molecule has 0 spiro atoms. The number of urea groups is 1. The fourth-order valence-corrected chi connectivity index (χ4v) is 4.30. The lowest BCUT2D eigenvalue weighted by molar-refractivity contribution is 0.244. The predicted octanol–water partition coefficient (Wildman–Crippen LogP) is 7.05. The lowest BCUT2D eigenvalue weighted by atomic mass is 9.94. The highest BCUT2D eigenvalue weighted by molar-refractivity contribution is 6.31. The lowest BCUT2D eigenvalue weighted by Gasteiger charge is -2.35. The van der Waals surface area contributed by atoms with Crippen molar-refractivity contribution in [3.63, 3.8) is 0 Å². The molecule has 1 atom stereocenters. The van der Waals surface area contributed by atoms with Crippen molar-refractivity contribution in [3.05, 3.63) is 106 Å². The maximum Gasteiger partial charge on any atom is 0.326 e. The smallest absolute Gasteiger partial charge is 0.326 e. The first-order chi connectivity index (χ1) is 16.4. The van der Waals surface area contributed by atoms with Crippen LogP contribution in [-0.4, -0.2) is 16.2 Å². The van der Waals surface area contributed by atoms with E-state index in [4.69, 9.17) is 27.7 Å². The number of aryl methyl sites for hydroxylation is 1. The number of amides is 2. The second-order valence-corrected chi connectivity index (χ2v) is 8.83. The van der Waals surface area contributed by atoms with Crippen LogP contribution >= 0.6 is 23.2 Å². The molecule has 170 valence electrons. The molecular formula is C26H20Cl2N4O2. The van der Waals surface area contributed by atoms with Crippen molar-refractivity contribution >= 4 is 40.5 Å². The number of anilines is 1. The Balaban J connectivity index is 1.65. The van der Waals surface area contributed by atoms with Gasteiger partial charge >= 0.3 is 6.03 Å². The fraction of sp³-hybridized carbons (Fsp3) is 0.115. The van der Waals surface area contributed by atoms with E-state index < -0.39 is 6.04 Å². The molecule has 1 aliphatic rings. The zero-order valence-electron chi connectivity index (χ0n) is 18.4. The Hall–Kier alpha value is -3.61. The summed E-state index contributed by atoms with van der Waals surface area (Å²) in [7, 11) is 0. The molecule has 1 N–H and O–H groups in total. The molecule has 1 aromatic heterocycles. The molecule has 4 aromatic rings. The molecule has 3 aromatic carbocycles. The standard InChI is InChI=1S/C26H20Cl2N4O2/c1-15-8-13-20(14-21(15)28)32-16(2)22(23(29-26(32)33)17-6-4-3-5-7-17)25-30-24(31-34-25)18-9-11-19(27)12-10-18/h3-14,23H,1-2H3,(H,29,33). The third-order valence-corrected chi connectivity index (χ3v) is 6.45.